The van der Waals surface area contributed by atoms with Crippen molar-refractivity contribution in [2.24, 2.45) is 0 Å². The Morgan fingerprint density at radius 2 is 1.95 bits per heavy atom. The number of rotatable bonds is 5. The quantitative estimate of drug-likeness (QED) is 0.776. The normalized spacial score (nSPS) is 12.3. The van der Waals surface area contributed by atoms with Gasteiger partial charge in [-0.2, -0.15) is 0 Å². The highest BCUT2D eigenvalue weighted by atomic mass is 35.5. The molecule has 0 heterocycles. The number of halogens is 2. The smallest absolute Gasteiger partial charge is 0.230 e. The Balaban J connectivity index is 2.69. The summed E-state index contributed by atoms with van der Waals surface area (Å²) >= 11 is 11.6. The van der Waals surface area contributed by atoms with Crippen LogP contribution >= 0.6 is 23.2 Å². The average Bonchev–Trinajstić information content (AvgIpc) is 2.30. The fraction of sp³-hybridized carbons (Fsp3) is 0.333. The number of anilines is 1. The molecule has 1 amide bonds. The van der Waals surface area contributed by atoms with E-state index in [1.165, 1.54) is 6.07 Å². The van der Waals surface area contributed by atoms with Crippen molar-refractivity contribution in [2.45, 2.75) is 12.5 Å². The van der Waals surface area contributed by atoms with Crippen molar-refractivity contribution in [3.8, 4) is 0 Å². The Bertz CT molecular complexity index is 492. The minimum atomic E-state index is -1.26. The van der Waals surface area contributed by atoms with Gasteiger partial charge in [0.2, 0.25) is 5.91 Å². The molecular weight excluding hydrogens is 291 g/mol. The molecule has 0 fully saturated rings. The van der Waals surface area contributed by atoms with Crippen LogP contribution in [0.3, 0.4) is 0 Å². The van der Waals surface area contributed by atoms with E-state index in [1.54, 1.807) is 26.2 Å². The lowest BCUT2D eigenvalue weighted by Gasteiger charge is -2.21. The Labute approximate surface area is 121 Å². The zero-order valence-corrected chi connectivity index (χ0v) is 12.0. The molecule has 0 saturated carbocycles. The van der Waals surface area contributed by atoms with E-state index >= 15 is 0 Å². The minimum Gasteiger partial charge on any atom is -0.544 e. The first-order valence-corrected chi connectivity index (χ1v) is 6.32. The number of carboxylic acids is 1. The first-order chi connectivity index (χ1) is 8.81. The van der Waals surface area contributed by atoms with Gasteiger partial charge in [-0.05, 0) is 18.2 Å². The second kappa shape index (κ2) is 6.75. The molecule has 0 spiro atoms. The van der Waals surface area contributed by atoms with Crippen molar-refractivity contribution in [1.29, 1.82) is 0 Å². The second-order valence-electron chi connectivity index (χ2n) is 4.33. The topological polar surface area (TPSA) is 73.7 Å². The van der Waals surface area contributed by atoms with E-state index in [1.807, 2.05) is 0 Å². The summed E-state index contributed by atoms with van der Waals surface area (Å²) in [5.74, 6) is -1.68. The number of amides is 1. The number of benzene rings is 1. The summed E-state index contributed by atoms with van der Waals surface area (Å²) in [6, 6.07) is 3.73. The molecule has 0 aliphatic carbocycles. The highest BCUT2D eigenvalue weighted by Gasteiger charge is 2.20. The first-order valence-electron chi connectivity index (χ1n) is 5.57. The van der Waals surface area contributed by atoms with Crippen LogP contribution in [0.15, 0.2) is 18.2 Å². The van der Waals surface area contributed by atoms with Crippen molar-refractivity contribution < 1.29 is 19.6 Å². The molecule has 1 aromatic carbocycles. The van der Waals surface area contributed by atoms with Gasteiger partial charge in [-0.25, -0.2) is 0 Å². The third kappa shape index (κ3) is 4.70. The van der Waals surface area contributed by atoms with Crippen LogP contribution in [0.25, 0.3) is 0 Å². The first kappa shape index (κ1) is 15.8. The molecule has 104 valence electrons. The third-order valence-corrected chi connectivity index (χ3v) is 3.31. The monoisotopic (exact) mass is 304 g/mol. The van der Waals surface area contributed by atoms with E-state index < -0.39 is 17.9 Å². The van der Waals surface area contributed by atoms with Gasteiger partial charge in [0, 0.05) is 5.69 Å². The van der Waals surface area contributed by atoms with E-state index in [-0.39, 0.29) is 6.42 Å². The maximum absolute atomic E-state index is 11.7. The van der Waals surface area contributed by atoms with E-state index in [4.69, 9.17) is 23.2 Å². The molecule has 7 heteroatoms. The summed E-state index contributed by atoms with van der Waals surface area (Å²) in [5.41, 5.74) is 0.463. The maximum atomic E-state index is 11.7. The zero-order chi connectivity index (χ0) is 14.6. The molecule has 0 bridgehead atoms. The lowest BCUT2D eigenvalue weighted by molar-refractivity contribution is -0.878. The predicted octanol–water partition coefficient (Wildman–Crippen LogP) is -0.415. The summed E-state index contributed by atoms with van der Waals surface area (Å²) in [6.45, 7) is 0. The molecule has 1 rings (SSSR count). The number of aliphatic carboxylic acids is 1. The van der Waals surface area contributed by atoms with E-state index in [9.17, 15) is 14.7 Å². The minimum absolute atomic E-state index is 0.176. The number of carbonyl (C=O) groups excluding carboxylic acids is 2. The summed E-state index contributed by atoms with van der Waals surface area (Å²) in [7, 11) is 3.29. The van der Waals surface area contributed by atoms with Crippen LogP contribution in [-0.4, -0.2) is 32.0 Å². The van der Waals surface area contributed by atoms with Crippen molar-refractivity contribution >= 4 is 40.8 Å². The highest BCUT2D eigenvalue weighted by molar-refractivity contribution is 6.42. The number of likely N-dealkylation sites (N-methyl/N-ethyl adjacent to an activating group) is 1. The van der Waals surface area contributed by atoms with Gasteiger partial charge in [-0.15, -0.1) is 0 Å². The van der Waals surface area contributed by atoms with Gasteiger partial charge in [-0.3, -0.25) is 4.79 Å². The van der Waals surface area contributed by atoms with Gasteiger partial charge in [0.15, 0.2) is 0 Å². The molecule has 19 heavy (non-hydrogen) atoms. The fourth-order valence-corrected chi connectivity index (χ4v) is 1.79. The van der Waals surface area contributed by atoms with Crippen LogP contribution in [0.2, 0.25) is 10.0 Å². The molecule has 0 aromatic heterocycles. The number of carboxylic acid groups (broad SMARTS) is 1. The van der Waals surface area contributed by atoms with Crippen molar-refractivity contribution in [1.82, 2.24) is 0 Å². The third-order valence-electron chi connectivity index (χ3n) is 2.57. The van der Waals surface area contributed by atoms with E-state index in [0.717, 1.165) is 0 Å². The van der Waals surface area contributed by atoms with Crippen molar-refractivity contribution in [2.75, 3.05) is 19.4 Å². The van der Waals surface area contributed by atoms with Gasteiger partial charge in [0.25, 0.3) is 0 Å². The van der Waals surface area contributed by atoms with Gasteiger partial charge in [0.05, 0.1) is 36.5 Å². The Hall–Kier alpha value is -1.30. The van der Waals surface area contributed by atoms with Gasteiger partial charge >= 0.3 is 0 Å². The number of hydrogen-bond donors (Lipinski definition) is 2. The molecule has 0 aliphatic heterocycles. The summed E-state index contributed by atoms with van der Waals surface area (Å²) in [4.78, 5) is 23.2. The van der Waals surface area contributed by atoms with Crippen LogP contribution < -0.4 is 15.3 Å². The SMILES string of the molecule is C[NH+](C)[C@@H](CC(=O)Nc1ccc(Cl)c(Cl)c1)C(=O)[O-]. The van der Waals surface area contributed by atoms with Crippen molar-refractivity contribution in [3.05, 3.63) is 28.2 Å². The lowest BCUT2D eigenvalue weighted by Crippen LogP contribution is -3.12. The van der Waals surface area contributed by atoms with Gasteiger partial charge in [-0.1, -0.05) is 23.2 Å². The number of hydrogen-bond acceptors (Lipinski definition) is 3. The lowest BCUT2D eigenvalue weighted by atomic mass is 10.2. The molecular formula is C12H14Cl2N2O3. The molecule has 0 aliphatic rings. The van der Waals surface area contributed by atoms with Crippen molar-refractivity contribution in [3.63, 3.8) is 0 Å². The predicted molar refractivity (Wildman–Crippen MR) is 71.3 cm³/mol. The number of carbonyl (C=O) groups is 2. The molecule has 1 atom stereocenters. The molecule has 2 N–H and O–H groups in total. The Morgan fingerprint density at radius 1 is 1.32 bits per heavy atom. The molecule has 0 saturated heterocycles. The molecule has 0 unspecified atom stereocenters. The average molecular weight is 305 g/mol. The summed E-state index contributed by atoms with van der Waals surface area (Å²) in [6.07, 6.45) is -0.176. The fourth-order valence-electron chi connectivity index (χ4n) is 1.49. The molecule has 5 nitrogen and oxygen atoms in total. The standard InChI is InChI=1S/C12H14Cl2N2O3/c1-16(2)10(12(18)19)6-11(17)15-7-3-4-8(13)9(14)5-7/h3-5,10H,6H2,1-2H3,(H,15,17)(H,18,19)/t10-/m0/s1. The van der Waals surface area contributed by atoms with Crippen LogP contribution in [0.1, 0.15) is 6.42 Å². The van der Waals surface area contributed by atoms with Crippen LogP contribution in [0.4, 0.5) is 5.69 Å². The molecule has 1 aromatic rings. The highest BCUT2D eigenvalue weighted by Crippen LogP contribution is 2.24. The number of nitrogens with one attached hydrogen (secondary N) is 2. The molecule has 0 radical (unpaired) electrons. The summed E-state index contributed by atoms with van der Waals surface area (Å²) < 4.78 is 0. The van der Waals surface area contributed by atoms with Gasteiger partial charge < -0.3 is 20.1 Å². The Kier molecular flexibility index (Phi) is 5.60. The van der Waals surface area contributed by atoms with Crippen LogP contribution in [0.5, 0.6) is 0 Å². The van der Waals surface area contributed by atoms with Crippen LogP contribution in [-0.2, 0) is 9.59 Å². The van der Waals surface area contributed by atoms with E-state index in [2.05, 4.69) is 5.32 Å². The number of quaternary nitrogens is 1. The largest absolute Gasteiger partial charge is 0.544 e. The second-order valence-corrected chi connectivity index (χ2v) is 5.14. The Morgan fingerprint density at radius 3 is 2.42 bits per heavy atom. The maximum Gasteiger partial charge on any atom is 0.230 e. The van der Waals surface area contributed by atoms with Crippen LogP contribution in [0, 0.1) is 0 Å². The van der Waals surface area contributed by atoms with E-state index in [0.29, 0.717) is 20.6 Å². The summed E-state index contributed by atoms with van der Waals surface area (Å²) in [5, 5.41) is 14.1. The van der Waals surface area contributed by atoms with Gasteiger partial charge in [0.1, 0.15) is 6.04 Å². The zero-order valence-electron chi connectivity index (χ0n) is 10.5.